The summed E-state index contributed by atoms with van der Waals surface area (Å²) in [6.45, 7) is 7.46. The lowest BCUT2D eigenvalue weighted by atomic mass is 10.1. The molecule has 0 spiro atoms. The van der Waals surface area contributed by atoms with Gasteiger partial charge in [0.15, 0.2) is 0 Å². The molecule has 4 heterocycles. The average Bonchev–Trinajstić information content (AvgIpc) is 3.65. The summed E-state index contributed by atoms with van der Waals surface area (Å²) >= 11 is 0. The number of aromatic amines is 2. The highest BCUT2D eigenvalue weighted by atomic mass is 19.1. The Labute approximate surface area is 229 Å². The minimum Gasteiger partial charge on any atom is -0.358 e. The topological polar surface area (TPSA) is 114 Å². The number of benzene rings is 2. The molecule has 0 saturated carbocycles. The summed E-state index contributed by atoms with van der Waals surface area (Å²) < 4.78 is 13.3. The number of allylic oxidation sites excluding steroid dienone is 1. The second-order valence-corrected chi connectivity index (χ2v) is 10.3. The maximum absolute atomic E-state index is 13.3. The lowest BCUT2D eigenvalue weighted by molar-refractivity contribution is 0.0648. The number of amides is 2. The Morgan fingerprint density at radius 2 is 1.73 bits per heavy atom. The van der Waals surface area contributed by atoms with Gasteiger partial charge in [-0.2, -0.15) is 0 Å². The van der Waals surface area contributed by atoms with E-state index >= 15 is 0 Å². The molecule has 0 unspecified atom stereocenters. The molecule has 204 valence electrons. The van der Waals surface area contributed by atoms with E-state index in [9.17, 15) is 18.8 Å². The molecule has 0 bridgehead atoms. The molecule has 4 aromatic rings. The number of carbonyl (C=O) groups excluding carboxylic acids is 2. The van der Waals surface area contributed by atoms with E-state index in [1.807, 2.05) is 0 Å². The molecule has 0 radical (unpaired) electrons. The SMILES string of the molecule is C=C(Cc1ccc(F)cc1)Nc1cc[nH]c(=O)c1-c1nc2cc3c(cc2[nH]1)C(=O)N(CCCN1CCCC1)C3=O. The highest BCUT2D eigenvalue weighted by molar-refractivity contribution is 6.22. The first kappa shape index (κ1) is 25.7. The predicted molar refractivity (Wildman–Crippen MR) is 151 cm³/mol. The van der Waals surface area contributed by atoms with Crippen molar-refractivity contribution in [2.45, 2.75) is 25.7 Å². The maximum Gasteiger partial charge on any atom is 0.261 e. The van der Waals surface area contributed by atoms with E-state index in [0.717, 1.165) is 31.6 Å². The Morgan fingerprint density at radius 3 is 2.48 bits per heavy atom. The molecule has 3 N–H and O–H groups in total. The lowest BCUT2D eigenvalue weighted by Gasteiger charge is -2.17. The van der Waals surface area contributed by atoms with E-state index in [1.165, 1.54) is 36.1 Å². The summed E-state index contributed by atoms with van der Waals surface area (Å²) in [5.41, 5.74) is 3.53. The molecule has 2 aromatic heterocycles. The summed E-state index contributed by atoms with van der Waals surface area (Å²) in [6.07, 6.45) is 5.09. The number of anilines is 1. The molecule has 2 amide bonds. The number of imide groups is 1. The summed E-state index contributed by atoms with van der Waals surface area (Å²) in [6, 6.07) is 11.1. The Kier molecular flexibility index (Phi) is 6.77. The number of hydrogen-bond acceptors (Lipinski definition) is 6. The van der Waals surface area contributed by atoms with Gasteiger partial charge >= 0.3 is 0 Å². The van der Waals surface area contributed by atoms with Crippen LogP contribution in [0, 0.1) is 5.82 Å². The van der Waals surface area contributed by atoms with Crippen LogP contribution in [0.15, 0.2) is 65.7 Å². The standard InChI is InChI=1S/C30H29FN6O3/c1-18(15-19-5-7-20(31)8-6-19)33-23-9-10-32-28(38)26(23)27-34-24-16-21-22(17-25(24)35-27)30(40)37(29(21)39)14-4-13-36-11-2-3-12-36/h5-10,16-17H,1-4,11-15H2,(H,34,35)(H2,32,33,38). The molecular weight excluding hydrogens is 511 g/mol. The first-order valence-corrected chi connectivity index (χ1v) is 13.4. The molecule has 6 rings (SSSR count). The number of halogens is 1. The Morgan fingerprint density at radius 1 is 1.00 bits per heavy atom. The van der Waals surface area contributed by atoms with Crippen LogP contribution < -0.4 is 10.9 Å². The van der Waals surface area contributed by atoms with Gasteiger partial charge < -0.3 is 20.2 Å². The van der Waals surface area contributed by atoms with Gasteiger partial charge in [0, 0.05) is 24.9 Å². The number of rotatable bonds is 9. The van der Waals surface area contributed by atoms with Crippen LogP contribution in [0.3, 0.4) is 0 Å². The Bertz CT molecular complexity index is 1630. The fourth-order valence-electron chi connectivity index (χ4n) is 5.47. The lowest BCUT2D eigenvalue weighted by Crippen LogP contribution is -2.33. The zero-order valence-electron chi connectivity index (χ0n) is 21.9. The van der Waals surface area contributed by atoms with Gasteiger partial charge in [0.05, 0.1) is 27.8 Å². The number of aromatic nitrogens is 3. The van der Waals surface area contributed by atoms with Gasteiger partial charge in [-0.15, -0.1) is 0 Å². The first-order valence-electron chi connectivity index (χ1n) is 13.4. The van der Waals surface area contributed by atoms with Crippen molar-refractivity contribution >= 4 is 28.5 Å². The van der Waals surface area contributed by atoms with Crippen LogP contribution in [0.4, 0.5) is 10.1 Å². The fraction of sp³-hybridized carbons (Fsp3) is 0.267. The highest BCUT2D eigenvalue weighted by Crippen LogP contribution is 2.30. The average molecular weight is 541 g/mol. The number of fused-ring (bicyclic) bond motifs is 2. The fourth-order valence-corrected chi connectivity index (χ4v) is 5.47. The molecule has 0 aliphatic carbocycles. The van der Waals surface area contributed by atoms with Crippen LogP contribution in [0.1, 0.15) is 45.5 Å². The molecule has 1 fully saturated rings. The third-order valence-electron chi connectivity index (χ3n) is 7.47. The van der Waals surface area contributed by atoms with Crippen molar-refractivity contribution in [1.29, 1.82) is 0 Å². The third kappa shape index (κ3) is 4.93. The Balaban J connectivity index is 1.23. The minimum absolute atomic E-state index is 0.264. The molecule has 9 nitrogen and oxygen atoms in total. The van der Waals surface area contributed by atoms with Crippen LogP contribution >= 0.6 is 0 Å². The molecule has 2 aromatic carbocycles. The van der Waals surface area contributed by atoms with Gasteiger partial charge in [-0.05, 0) is 74.8 Å². The van der Waals surface area contributed by atoms with Crippen molar-refractivity contribution in [3.63, 3.8) is 0 Å². The highest BCUT2D eigenvalue weighted by Gasteiger charge is 2.36. The minimum atomic E-state index is -0.373. The zero-order valence-corrected chi connectivity index (χ0v) is 21.9. The van der Waals surface area contributed by atoms with Crippen molar-refractivity contribution in [3.05, 3.63) is 93.8 Å². The normalized spacial score (nSPS) is 15.3. The molecule has 1 saturated heterocycles. The number of hydrogen-bond donors (Lipinski definition) is 3. The van der Waals surface area contributed by atoms with Crippen molar-refractivity contribution in [3.8, 4) is 11.4 Å². The van der Waals surface area contributed by atoms with Crippen LogP contribution in [-0.2, 0) is 6.42 Å². The number of nitrogens with one attached hydrogen (secondary N) is 3. The number of carbonyl (C=O) groups is 2. The number of nitrogens with zero attached hydrogens (tertiary/aromatic N) is 3. The van der Waals surface area contributed by atoms with Crippen molar-refractivity contribution < 1.29 is 14.0 Å². The largest absolute Gasteiger partial charge is 0.358 e. The molecule has 0 atom stereocenters. The van der Waals surface area contributed by atoms with E-state index in [0.29, 0.717) is 52.3 Å². The van der Waals surface area contributed by atoms with Crippen LogP contribution in [-0.4, -0.2) is 62.7 Å². The van der Waals surface area contributed by atoms with Crippen LogP contribution in [0.25, 0.3) is 22.4 Å². The number of imidazole rings is 1. The van der Waals surface area contributed by atoms with Gasteiger partial charge in [-0.1, -0.05) is 18.7 Å². The van der Waals surface area contributed by atoms with E-state index in [2.05, 4.69) is 31.7 Å². The first-order chi connectivity index (χ1) is 19.4. The smallest absolute Gasteiger partial charge is 0.261 e. The summed E-state index contributed by atoms with van der Waals surface area (Å²) in [5, 5.41) is 3.18. The summed E-state index contributed by atoms with van der Waals surface area (Å²) in [7, 11) is 0. The Hall–Kier alpha value is -4.57. The van der Waals surface area contributed by atoms with Gasteiger partial charge in [0.1, 0.15) is 17.2 Å². The van der Waals surface area contributed by atoms with Crippen molar-refractivity contribution in [2.24, 2.45) is 0 Å². The van der Waals surface area contributed by atoms with E-state index in [-0.39, 0.29) is 28.8 Å². The second kappa shape index (κ2) is 10.5. The quantitative estimate of drug-likeness (QED) is 0.273. The molecule has 40 heavy (non-hydrogen) atoms. The van der Waals surface area contributed by atoms with Gasteiger partial charge in [0.2, 0.25) is 0 Å². The van der Waals surface area contributed by atoms with Crippen LogP contribution in [0.2, 0.25) is 0 Å². The number of pyridine rings is 1. The number of likely N-dealkylation sites (tertiary alicyclic amines) is 1. The second-order valence-electron chi connectivity index (χ2n) is 10.3. The molecule has 2 aliphatic rings. The molecule has 10 heteroatoms. The third-order valence-corrected chi connectivity index (χ3v) is 7.47. The number of H-pyrrole nitrogens is 2. The van der Waals surface area contributed by atoms with E-state index in [4.69, 9.17) is 0 Å². The van der Waals surface area contributed by atoms with E-state index < -0.39 is 0 Å². The van der Waals surface area contributed by atoms with Crippen molar-refractivity contribution in [1.82, 2.24) is 24.8 Å². The van der Waals surface area contributed by atoms with Crippen LogP contribution in [0.5, 0.6) is 0 Å². The monoisotopic (exact) mass is 540 g/mol. The van der Waals surface area contributed by atoms with Crippen molar-refractivity contribution in [2.75, 3.05) is 31.5 Å². The van der Waals surface area contributed by atoms with Gasteiger partial charge in [0.25, 0.3) is 17.4 Å². The summed E-state index contributed by atoms with van der Waals surface area (Å²) in [5.74, 6) is -0.648. The van der Waals surface area contributed by atoms with Gasteiger partial charge in [-0.25, -0.2) is 9.37 Å². The predicted octanol–water partition coefficient (Wildman–Crippen LogP) is 4.31. The van der Waals surface area contributed by atoms with E-state index in [1.54, 1.807) is 30.3 Å². The van der Waals surface area contributed by atoms with Gasteiger partial charge in [-0.3, -0.25) is 19.3 Å². The zero-order chi connectivity index (χ0) is 27.8. The summed E-state index contributed by atoms with van der Waals surface area (Å²) in [4.78, 5) is 53.2. The maximum atomic E-state index is 13.3. The molecule has 2 aliphatic heterocycles. The molecular formula is C30H29FN6O3.